The number of hydrogen-bond acceptors (Lipinski definition) is 4. The van der Waals surface area contributed by atoms with Crippen LogP contribution < -0.4 is 5.32 Å². The molecule has 0 saturated carbocycles. The molecule has 2 aromatic heterocycles. The topological polar surface area (TPSA) is 56.2 Å². The van der Waals surface area contributed by atoms with E-state index >= 15 is 0 Å². The summed E-state index contributed by atoms with van der Waals surface area (Å²) in [5, 5.41) is 6.72. The van der Waals surface area contributed by atoms with Gasteiger partial charge < -0.3 is 14.6 Å². The number of fused-ring (bicyclic) bond motifs is 1. The van der Waals surface area contributed by atoms with Crippen molar-refractivity contribution < 1.29 is 9.53 Å². The number of rotatable bonds is 6. The number of nitrogens with zero attached hydrogens (tertiary/aromatic N) is 2. The van der Waals surface area contributed by atoms with E-state index in [9.17, 15) is 4.79 Å². The first-order chi connectivity index (χ1) is 14.1. The molecule has 0 spiro atoms. The molecule has 0 fully saturated rings. The highest BCUT2D eigenvalue weighted by atomic mass is 32.1. The second-order valence-electron chi connectivity index (χ2n) is 7.02. The summed E-state index contributed by atoms with van der Waals surface area (Å²) >= 11 is 1.48. The smallest absolute Gasteiger partial charge is 0.275 e. The van der Waals surface area contributed by atoms with Crippen molar-refractivity contribution in [1.29, 1.82) is 0 Å². The number of benzene rings is 2. The Hall–Kier alpha value is -2.96. The monoisotopic (exact) mass is 405 g/mol. The van der Waals surface area contributed by atoms with Crippen LogP contribution in [0.2, 0.25) is 0 Å². The highest BCUT2D eigenvalue weighted by molar-refractivity contribution is 7.13. The molecule has 1 N–H and O–H groups in total. The third-order valence-electron chi connectivity index (χ3n) is 5.05. The summed E-state index contributed by atoms with van der Waals surface area (Å²) in [7, 11) is 1.70. The predicted octanol–water partition coefficient (Wildman–Crippen LogP) is 5.28. The van der Waals surface area contributed by atoms with Gasteiger partial charge in [0.05, 0.1) is 12.3 Å². The summed E-state index contributed by atoms with van der Waals surface area (Å²) in [4.78, 5) is 17.3. The molecule has 0 unspecified atom stereocenters. The van der Waals surface area contributed by atoms with E-state index in [1.165, 1.54) is 16.9 Å². The molecule has 2 heterocycles. The van der Waals surface area contributed by atoms with Crippen LogP contribution in [0, 0.1) is 13.8 Å². The van der Waals surface area contributed by atoms with Gasteiger partial charge in [-0.25, -0.2) is 4.98 Å². The minimum Gasteiger partial charge on any atom is -0.383 e. The van der Waals surface area contributed by atoms with Crippen molar-refractivity contribution in [2.24, 2.45) is 0 Å². The van der Waals surface area contributed by atoms with Gasteiger partial charge in [0.25, 0.3) is 5.91 Å². The van der Waals surface area contributed by atoms with Gasteiger partial charge in [0, 0.05) is 35.6 Å². The van der Waals surface area contributed by atoms with Crippen molar-refractivity contribution >= 4 is 33.8 Å². The van der Waals surface area contributed by atoms with E-state index in [0.29, 0.717) is 12.3 Å². The summed E-state index contributed by atoms with van der Waals surface area (Å²) in [6.45, 7) is 5.42. The maximum atomic E-state index is 12.7. The number of nitrogens with one attached hydrogen (secondary N) is 1. The zero-order valence-electron chi connectivity index (χ0n) is 16.7. The average Bonchev–Trinajstić information content (AvgIpc) is 3.34. The number of anilines is 1. The Bertz CT molecular complexity index is 1180. The van der Waals surface area contributed by atoms with Crippen LogP contribution in [-0.4, -0.2) is 29.2 Å². The van der Waals surface area contributed by atoms with E-state index in [1.807, 2.05) is 42.6 Å². The third-order valence-corrected chi connectivity index (χ3v) is 5.92. The lowest BCUT2D eigenvalue weighted by atomic mass is 10.1. The van der Waals surface area contributed by atoms with Crippen LogP contribution in [0.1, 0.15) is 21.6 Å². The molecule has 6 heteroatoms. The van der Waals surface area contributed by atoms with E-state index in [0.717, 1.165) is 39.4 Å². The van der Waals surface area contributed by atoms with Gasteiger partial charge in [0.15, 0.2) is 0 Å². The fourth-order valence-electron chi connectivity index (χ4n) is 3.32. The second kappa shape index (κ2) is 8.19. The van der Waals surface area contributed by atoms with Gasteiger partial charge in [-0.1, -0.05) is 24.3 Å². The molecule has 1 amide bonds. The molecule has 148 valence electrons. The summed E-state index contributed by atoms with van der Waals surface area (Å²) in [5.41, 5.74) is 5.68. The maximum Gasteiger partial charge on any atom is 0.275 e. The van der Waals surface area contributed by atoms with Crippen LogP contribution >= 0.6 is 11.3 Å². The molecule has 0 radical (unpaired) electrons. The number of aromatic nitrogens is 2. The van der Waals surface area contributed by atoms with Crippen LogP contribution in [0.3, 0.4) is 0 Å². The Morgan fingerprint density at radius 3 is 2.76 bits per heavy atom. The number of carbonyl (C=O) groups is 1. The fourth-order valence-corrected chi connectivity index (χ4v) is 4.14. The number of para-hydroxylation sites is 1. The molecular formula is C23H23N3O2S. The first-order valence-electron chi connectivity index (χ1n) is 9.48. The minimum atomic E-state index is -0.199. The molecule has 0 aliphatic heterocycles. The number of ether oxygens (including phenoxy) is 1. The van der Waals surface area contributed by atoms with Crippen molar-refractivity contribution in [3.8, 4) is 10.7 Å². The molecule has 29 heavy (non-hydrogen) atoms. The minimum absolute atomic E-state index is 0.199. The molecule has 0 aliphatic rings. The standard InChI is InChI=1S/C23H23N3O2S/c1-15-8-9-18(12-16(15)2)24-22(27)19-14-29-23(25-19)21-13-17-6-4-5-7-20(17)26(21)10-11-28-3/h4-9,12-14H,10-11H2,1-3H3,(H,24,27). The molecule has 0 bridgehead atoms. The Labute approximate surface area is 174 Å². The summed E-state index contributed by atoms with van der Waals surface area (Å²) in [6, 6.07) is 16.2. The van der Waals surface area contributed by atoms with Crippen molar-refractivity contribution in [3.05, 3.63) is 70.7 Å². The third kappa shape index (κ3) is 3.95. The van der Waals surface area contributed by atoms with Gasteiger partial charge in [-0.05, 0) is 49.2 Å². The van der Waals surface area contributed by atoms with Crippen molar-refractivity contribution in [2.45, 2.75) is 20.4 Å². The molecule has 0 saturated heterocycles. The highest BCUT2D eigenvalue weighted by Gasteiger charge is 2.17. The van der Waals surface area contributed by atoms with Gasteiger partial charge in [-0.15, -0.1) is 11.3 Å². The maximum absolute atomic E-state index is 12.7. The molecule has 0 atom stereocenters. The van der Waals surface area contributed by atoms with E-state index in [1.54, 1.807) is 7.11 Å². The van der Waals surface area contributed by atoms with Crippen molar-refractivity contribution in [3.63, 3.8) is 0 Å². The molecular weight excluding hydrogens is 382 g/mol. The van der Waals surface area contributed by atoms with Crippen LogP contribution in [0.4, 0.5) is 5.69 Å². The Morgan fingerprint density at radius 2 is 1.97 bits per heavy atom. The van der Waals surface area contributed by atoms with Crippen LogP contribution in [0.15, 0.2) is 53.9 Å². The number of carbonyl (C=O) groups excluding carboxylic acids is 1. The van der Waals surface area contributed by atoms with Gasteiger partial charge in [0.1, 0.15) is 10.7 Å². The summed E-state index contributed by atoms with van der Waals surface area (Å²) in [6.07, 6.45) is 0. The lowest BCUT2D eigenvalue weighted by molar-refractivity contribution is 0.102. The van der Waals surface area contributed by atoms with Crippen LogP contribution in [-0.2, 0) is 11.3 Å². The quantitative estimate of drug-likeness (QED) is 0.475. The van der Waals surface area contributed by atoms with Gasteiger partial charge in [-0.3, -0.25) is 4.79 Å². The zero-order chi connectivity index (χ0) is 20.4. The Balaban J connectivity index is 1.63. The van der Waals surface area contributed by atoms with Gasteiger partial charge >= 0.3 is 0 Å². The Kier molecular flexibility index (Phi) is 5.47. The molecule has 2 aromatic carbocycles. The number of methoxy groups -OCH3 is 1. The normalized spacial score (nSPS) is 11.1. The lowest BCUT2D eigenvalue weighted by Crippen LogP contribution is -2.12. The summed E-state index contributed by atoms with van der Waals surface area (Å²) < 4.78 is 7.48. The lowest BCUT2D eigenvalue weighted by Gasteiger charge is -2.08. The molecule has 0 aliphatic carbocycles. The first kappa shape index (κ1) is 19.4. The van der Waals surface area contributed by atoms with Crippen LogP contribution in [0.25, 0.3) is 21.6 Å². The van der Waals surface area contributed by atoms with Crippen LogP contribution in [0.5, 0.6) is 0 Å². The first-order valence-corrected chi connectivity index (χ1v) is 10.4. The largest absolute Gasteiger partial charge is 0.383 e. The number of aryl methyl sites for hydroxylation is 2. The van der Waals surface area contributed by atoms with E-state index in [2.05, 4.69) is 40.0 Å². The number of amides is 1. The number of hydrogen-bond donors (Lipinski definition) is 1. The Morgan fingerprint density at radius 1 is 1.14 bits per heavy atom. The average molecular weight is 406 g/mol. The number of thiazole rings is 1. The van der Waals surface area contributed by atoms with Crippen molar-refractivity contribution in [1.82, 2.24) is 9.55 Å². The SMILES string of the molecule is COCCn1c(-c2nc(C(=O)Nc3ccc(C)c(C)c3)cs2)cc2ccccc21. The highest BCUT2D eigenvalue weighted by Crippen LogP contribution is 2.30. The molecule has 4 aromatic rings. The van der Waals surface area contributed by atoms with Gasteiger partial charge in [0.2, 0.25) is 0 Å². The fraction of sp³-hybridized carbons (Fsp3) is 0.217. The molecule has 5 nitrogen and oxygen atoms in total. The van der Waals surface area contributed by atoms with Crippen molar-refractivity contribution in [2.75, 3.05) is 19.0 Å². The zero-order valence-corrected chi connectivity index (χ0v) is 17.5. The molecule has 4 rings (SSSR count). The van der Waals surface area contributed by atoms with E-state index < -0.39 is 0 Å². The second-order valence-corrected chi connectivity index (χ2v) is 7.88. The predicted molar refractivity (Wildman–Crippen MR) is 119 cm³/mol. The van der Waals surface area contributed by atoms with Gasteiger partial charge in [-0.2, -0.15) is 0 Å². The summed E-state index contributed by atoms with van der Waals surface area (Å²) in [5.74, 6) is -0.199. The van der Waals surface area contributed by atoms with E-state index in [-0.39, 0.29) is 5.91 Å². The van der Waals surface area contributed by atoms with E-state index in [4.69, 9.17) is 4.74 Å².